The highest BCUT2D eigenvalue weighted by Crippen LogP contribution is 2.29. The van der Waals surface area contributed by atoms with Gasteiger partial charge in [-0.3, -0.25) is 0 Å². The Bertz CT molecular complexity index is 281. The fourth-order valence-corrected chi connectivity index (χ4v) is 2.54. The molecule has 0 radical (unpaired) electrons. The van der Waals surface area contributed by atoms with Crippen molar-refractivity contribution in [2.24, 2.45) is 0 Å². The minimum absolute atomic E-state index is 0.204. The van der Waals surface area contributed by atoms with E-state index < -0.39 is 0 Å². The maximum Gasteiger partial charge on any atom is 0.0928 e. The largest absolute Gasteiger partial charge is 0.245 e. The topological polar surface area (TPSA) is 12.9 Å². The fraction of sp³-hybridized carbons (Fsp3) is 0.727. The van der Waals surface area contributed by atoms with E-state index in [1.54, 1.807) is 0 Å². The van der Waals surface area contributed by atoms with Crippen LogP contribution in [0.5, 0.6) is 0 Å². The molecule has 0 amide bonds. The van der Waals surface area contributed by atoms with E-state index in [-0.39, 0.29) is 5.41 Å². The molecule has 1 heterocycles. The molecule has 0 bridgehead atoms. The van der Waals surface area contributed by atoms with Gasteiger partial charge in [0.15, 0.2) is 0 Å². The zero-order valence-electron chi connectivity index (χ0n) is 9.27. The number of hydrogen-bond acceptors (Lipinski definition) is 2. The highest BCUT2D eigenvalue weighted by molar-refractivity contribution is 7.11. The summed E-state index contributed by atoms with van der Waals surface area (Å²) in [6.07, 6.45) is 2.18. The third kappa shape index (κ3) is 2.31. The van der Waals surface area contributed by atoms with Crippen LogP contribution < -0.4 is 0 Å². The minimum atomic E-state index is 0.204. The zero-order chi connectivity index (χ0) is 10.1. The van der Waals surface area contributed by atoms with E-state index in [2.05, 4.69) is 39.6 Å². The number of rotatable bonds is 2. The lowest BCUT2D eigenvalue weighted by molar-refractivity contribution is 0.565. The molecule has 0 fully saturated rings. The number of nitrogens with zero attached hydrogens (tertiary/aromatic N) is 1. The van der Waals surface area contributed by atoms with Crippen LogP contribution >= 0.6 is 11.3 Å². The molecule has 0 saturated heterocycles. The summed E-state index contributed by atoms with van der Waals surface area (Å²) in [7, 11) is 0. The Morgan fingerprint density at radius 3 is 2.08 bits per heavy atom. The van der Waals surface area contributed by atoms with Gasteiger partial charge in [-0.1, -0.05) is 34.6 Å². The Kier molecular flexibility index (Phi) is 3.12. The summed E-state index contributed by atoms with van der Waals surface area (Å²) >= 11 is 1.88. The van der Waals surface area contributed by atoms with Crippen LogP contribution in [0.25, 0.3) is 0 Å². The van der Waals surface area contributed by atoms with Gasteiger partial charge in [-0.2, -0.15) is 0 Å². The molecule has 0 aliphatic heterocycles. The second kappa shape index (κ2) is 3.79. The van der Waals surface area contributed by atoms with Gasteiger partial charge < -0.3 is 0 Å². The lowest BCUT2D eigenvalue weighted by Crippen LogP contribution is -2.13. The second-order valence-electron chi connectivity index (χ2n) is 4.34. The molecule has 0 saturated carbocycles. The average molecular weight is 197 g/mol. The second-order valence-corrected chi connectivity index (χ2v) is 5.50. The molecular weight excluding hydrogens is 178 g/mol. The van der Waals surface area contributed by atoms with E-state index in [0.717, 1.165) is 12.8 Å². The Morgan fingerprint density at radius 1 is 1.15 bits per heavy atom. The first-order valence-corrected chi connectivity index (χ1v) is 5.79. The quantitative estimate of drug-likeness (QED) is 0.706. The summed E-state index contributed by atoms with van der Waals surface area (Å²) in [5.74, 6) is 0. The van der Waals surface area contributed by atoms with Gasteiger partial charge in [0, 0.05) is 10.3 Å². The predicted octanol–water partition coefficient (Wildman–Crippen LogP) is 3.57. The summed E-state index contributed by atoms with van der Waals surface area (Å²) in [4.78, 5) is 6.15. The van der Waals surface area contributed by atoms with Crippen LogP contribution in [0.4, 0.5) is 0 Å². The molecule has 2 heteroatoms. The van der Waals surface area contributed by atoms with Crippen molar-refractivity contribution in [3.8, 4) is 0 Å². The first-order valence-electron chi connectivity index (χ1n) is 4.98. The Hall–Kier alpha value is -0.370. The molecule has 0 N–H and O–H groups in total. The van der Waals surface area contributed by atoms with Crippen LogP contribution in [0.2, 0.25) is 0 Å². The standard InChI is InChI=1S/C11H19NS/c1-6-8-10(11(3,4)5)12-9(7-2)13-8/h6-7H2,1-5H3. The van der Waals surface area contributed by atoms with Gasteiger partial charge in [-0.05, 0) is 12.8 Å². The summed E-state index contributed by atoms with van der Waals surface area (Å²) < 4.78 is 0. The van der Waals surface area contributed by atoms with Crippen molar-refractivity contribution in [2.45, 2.75) is 52.9 Å². The molecule has 0 atom stereocenters. The Morgan fingerprint density at radius 2 is 1.77 bits per heavy atom. The van der Waals surface area contributed by atoms with E-state index in [4.69, 9.17) is 0 Å². The minimum Gasteiger partial charge on any atom is -0.245 e. The first-order chi connectivity index (χ1) is 5.99. The molecule has 74 valence electrons. The Balaban J connectivity index is 3.11. The summed E-state index contributed by atoms with van der Waals surface area (Å²) in [6.45, 7) is 11.1. The highest BCUT2D eigenvalue weighted by Gasteiger charge is 2.21. The van der Waals surface area contributed by atoms with Gasteiger partial charge in [-0.15, -0.1) is 11.3 Å². The first kappa shape index (κ1) is 10.7. The third-order valence-electron chi connectivity index (χ3n) is 2.08. The molecule has 1 nitrogen and oxygen atoms in total. The van der Waals surface area contributed by atoms with E-state index in [1.807, 2.05) is 11.3 Å². The van der Waals surface area contributed by atoms with Crippen molar-refractivity contribution in [2.75, 3.05) is 0 Å². The van der Waals surface area contributed by atoms with E-state index >= 15 is 0 Å². The van der Waals surface area contributed by atoms with Crippen LogP contribution in [0.15, 0.2) is 0 Å². The van der Waals surface area contributed by atoms with Gasteiger partial charge >= 0.3 is 0 Å². The lowest BCUT2D eigenvalue weighted by Gasteiger charge is -2.16. The van der Waals surface area contributed by atoms with Gasteiger partial charge in [0.05, 0.1) is 10.7 Å². The normalized spacial score (nSPS) is 12.1. The summed E-state index contributed by atoms with van der Waals surface area (Å²) in [5, 5.41) is 1.28. The highest BCUT2D eigenvalue weighted by atomic mass is 32.1. The van der Waals surface area contributed by atoms with Gasteiger partial charge in [0.1, 0.15) is 0 Å². The van der Waals surface area contributed by atoms with Crippen molar-refractivity contribution in [1.82, 2.24) is 4.98 Å². The fourth-order valence-electron chi connectivity index (χ4n) is 1.38. The van der Waals surface area contributed by atoms with Crippen molar-refractivity contribution in [3.05, 3.63) is 15.6 Å². The number of aromatic nitrogens is 1. The van der Waals surface area contributed by atoms with Crippen molar-refractivity contribution < 1.29 is 0 Å². The number of thiazole rings is 1. The molecule has 1 rings (SSSR count). The van der Waals surface area contributed by atoms with Crippen molar-refractivity contribution in [3.63, 3.8) is 0 Å². The zero-order valence-corrected chi connectivity index (χ0v) is 10.1. The monoisotopic (exact) mass is 197 g/mol. The summed E-state index contributed by atoms with van der Waals surface area (Å²) in [5.41, 5.74) is 1.51. The number of hydrogen-bond donors (Lipinski definition) is 0. The van der Waals surface area contributed by atoms with Crippen LogP contribution in [-0.4, -0.2) is 4.98 Å². The third-order valence-corrected chi connectivity index (χ3v) is 3.42. The average Bonchev–Trinajstić information content (AvgIpc) is 2.46. The molecule has 0 unspecified atom stereocenters. The molecular formula is C11H19NS. The SMILES string of the molecule is CCc1nc(C(C)(C)C)c(CC)s1. The van der Waals surface area contributed by atoms with Crippen LogP contribution in [0, 0.1) is 0 Å². The Labute approximate surface area is 85.2 Å². The van der Waals surface area contributed by atoms with Crippen LogP contribution in [-0.2, 0) is 18.3 Å². The molecule has 0 aliphatic rings. The van der Waals surface area contributed by atoms with Crippen LogP contribution in [0.1, 0.15) is 50.2 Å². The lowest BCUT2D eigenvalue weighted by atomic mass is 9.91. The smallest absolute Gasteiger partial charge is 0.0928 e. The number of aryl methyl sites for hydroxylation is 2. The van der Waals surface area contributed by atoms with Crippen LogP contribution in [0.3, 0.4) is 0 Å². The predicted molar refractivity (Wildman–Crippen MR) is 59.6 cm³/mol. The van der Waals surface area contributed by atoms with E-state index in [1.165, 1.54) is 15.6 Å². The maximum atomic E-state index is 4.69. The maximum absolute atomic E-state index is 4.69. The van der Waals surface area contributed by atoms with Gasteiger partial charge in [0.25, 0.3) is 0 Å². The molecule has 0 aromatic carbocycles. The van der Waals surface area contributed by atoms with Crippen molar-refractivity contribution in [1.29, 1.82) is 0 Å². The van der Waals surface area contributed by atoms with Crippen molar-refractivity contribution >= 4 is 11.3 Å². The van der Waals surface area contributed by atoms with Gasteiger partial charge in [0.2, 0.25) is 0 Å². The molecule has 0 spiro atoms. The molecule has 13 heavy (non-hydrogen) atoms. The van der Waals surface area contributed by atoms with E-state index in [9.17, 15) is 0 Å². The molecule has 1 aromatic heterocycles. The molecule has 0 aliphatic carbocycles. The molecule has 1 aromatic rings. The van der Waals surface area contributed by atoms with E-state index in [0.29, 0.717) is 0 Å². The summed E-state index contributed by atoms with van der Waals surface area (Å²) in [6, 6.07) is 0. The van der Waals surface area contributed by atoms with Gasteiger partial charge in [-0.25, -0.2) is 4.98 Å².